The molecule has 0 aliphatic heterocycles. The molecule has 0 aliphatic rings. The monoisotopic (exact) mass is 187 g/mol. The van der Waals surface area contributed by atoms with E-state index >= 15 is 0 Å². The summed E-state index contributed by atoms with van der Waals surface area (Å²) < 4.78 is 5.20. The van der Waals surface area contributed by atoms with Crippen LogP contribution in [0.15, 0.2) is 22.9 Å². The van der Waals surface area contributed by atoms with Crippen molar-refractivity contribution >= 4 is 5.88 Å². The van der Waals surface area contributed by atoms with E-state index in [1.165, 1.54) is 0 Å². The number of nitrogens with zero attached hydrogens (tertiary/aromatic N) is 1. The van der Waals surface area contributed by atoms with Crippen molar-refractivity contribution < 1.29 is 4.42 Å². The number of rotatable bonds is 1. The average Bonchev–Trinajstić information content (AvgIpc) is 2.72. The number of anilines is 1. The molecule has 0 saturated carbocycles. The maximum absolute atomic E-state index is 8.91. The van der Waals surface area contributed by atoms with Crippen molar-refractivity contribution in [3.05, 3.63) is 29.8 Å². The van der Waals surface area contributed by atoms with Gasteiger partial charge in [-0.25, -0.2) is 0 Å². The van der Waals surface area contributed by atoms with Gasteiger partial charge >= 0.3 is 0 Å². The molecule has 0 aliphatic carbocycles. The largest absolute Gasteiger partial charge is 0.444 e. The summed E-state index contributed by atoms with van der Waals surface area (Å²) in [5.41, 5.74) is 7.65. The molecular formula is C10H9N3O. The number of nitrogen functional groups attached to an aromatic ring is 1. The minimum absolute atomic E-state index is 0.182. The smallest absolute Gasteiger partial charge is 0.209 e. The molecule has 4 heteroatoms. The Kier molecular flexibility index (Phi) is 1.79. The molecule has 0 amide bonds. The van der Waals surface area contributed by atoms with Gasteiger partial charge in [0.15, 0.2) is 0 Å². The second-order valence-electron chi connectivity index (χ2n) is 2.98. The first-order valence-corrected chi connectivity index (χ1v) is 4.16. The first-order chi connectivity index (χ1) is 6.74. The maximum atomic E-state index is 8.91. The lowest BCUT2D eigenvalue weighted by molar-refractivity contribution is 0.554. The third kappa shape index (κ3) is 1.07. The fourth-order valence-electron chi connectivity index (χ4n) is 1.50. The third-order valence-corrected chi connectivity index (χ3v) is 2.11. The van der Waals surface area contributed by atoms with Gasteiger partial charge in [-0.3, -0.25) is 0 Å². The standard InChI is InChI=1S/C10H9N3O/c1-6-9(7-2-3-13-5-7)8(4-11)10(12)14-6/h2-3,5,13H,12H2,1H3. The van der Waals surface area contributed by atoms with Crippen LogP contribution in [0.3, 0.4) is 0 Å². The van der Waals surface area contributed by atoms with Crippen LogP contribution in [-0.4, -0.2) is 4.98 Å². The van der Waals surface area contributed by atoms with Crippen LogP contribution >= 0.6 is 0 Å². The fourth-order valence-corrected chi connectivity index (χ4v) is 1.50. The van der Waals surface area contributed by atoms with Gasteiger partial charge < -0.3 is 15.1 Å². The number of hydrogen-bond acceptors (Lipinski definition) is 3. The lowest BCUT2D eigenvalue weighted by Crippen LogP contribution is -1.85. The molecule has 0 fully saturated rings. The number of nitrogens with two attached hydrogens (primary N) is 1. The average molecular weight is 187 g/mol. The minimum Gasteiger partial charge on any atom is -0.444 e. The Morgan fingerprint density at radius 1 is 1.57 bits per heavy atom. The normalized spacial score (nSPS) is 10.0. The van der Waals surface area contributed by atoms with Gasteiger partial charge in [0.2, 0.25) is 5.88 Å². The van der Waals surface area contributed by atoms with E-state index in [0.29, 0.717) is 11.3 Å². The van der Waals surface area contributed by atoms with Gasteiger partial charge in [0, 0.05) is 23.5 Å². The summed E-state index contributed by atoms with van der Waals surface area (Å²) in [5.74, 6) is 0.847. The number of aromatic nitrogens is 1. The topological polar surface area (TPSA) is 78.7 Å². The van der Waals surface area contributed by atoms with Crippen molar-refractivity contribution in [2.45, 2.75) is 6.92 Å². The molecule has 3 N–H and O–H groups in total. The quantitative estimate of drug-likeness (QED) is 0.716. The molecule has 14 heavy (non-hydrogen) atoms. The van der Waals surface area contributed by atoms with E-state index in [0.717, 1.165) is 11.1 Å². The molecular weight excluding hydrogens is 178 g/mol. The molecule has 0 atom stereocenters. The summed E-state index contributed by atoms with van der Waals surface area (Å²) in [6, 6.07) is 3.91. The zero-order valence-corrected chi connectivity index (χ0v) is 7.66. The van der Waals surface area contributed by atoms with Gasteiger partial charge in [-0.05, 0) is 13.0 Å². The molecule has 0 unspecified atom stereocenters. The number of H-pyrrole nitrogens is 1. The number of furan rings is 1. The van der Waals surface area contributed by atoms with Crippen LogP contribution in [-0.2, 0) is 0 Å². The van der Waals surface area contributed by atoms with Crippen LogP contribution in [0.4, 0.5) is 5.88 Å². The van der Waals surface area contributed by atoms with Crippen molar-refractivity contribution in [1.29, 1.82) is 5.26 Å². The van der Waals surface area contributed by atoms with E-state index in [4.69, 9.17) is 15.4 Å². The summed E-state index contributed by atoms with van der Waals surface area (Å²) in [5, 5.41) is 8.91. The molecule has 2 rings (SSSR count). The summed E-state index contributed by atoms with van der Waals surface area (Å²) in [4.78, 5) is 2.92. The Morgan fingerprint density at radius 3 is 2.93 bits per heavy atom. The highest BCUT2D eigenvalue weighted by atomic mass is 16.4. The van der Waals surface area contributed by atoms with Crippen molar-refractivity contribution in [2.75, 3.05) is 5.73 Å². The lowest BCUT2D eigenvalue weighted by atomic mass is 10.1. The summed E-state index contributed by atoms with van der Waals surface area (Å²) >= 11 is 0. The minimum atomic E-state index is 0.182. The van der Waals surface area contributed by atoms with E-state index in [-0.39, 0.29) is 5.88 Å². The van der Waals surface area contributed by atoms with Crippen molar-refractivity contribution in [3.63, 3.8) is 0 Å². The van der Waals surface area contributed by atoms with Crippen molar-refractivity contribution in [1.82, 2.24) is 4.98 Å². The number of hydrogen-bond donors (Lipinski definition) is 2. The Hall–Kier alpha value is -2.15. The van der Waals surface area contributed by atoms with E-state index in [2.05, 4.69) is 4.98 Å². The van der Waals surface area contributed by atoms with Crippen molar-refractivity contribution in [3.8, 4) is 17.2 Å². The number of nitriles is 1. The number of aromatic amines is 1. The van der Waals surface area contributed by atoms with Crippen LogP contribution in [0.2, 0.25) is 0 Å². The van der Waals surface area contributed by atoms with Crippen molar-refractivity contribution in [2.24, 2.45) is 0 Å². The zero-order chi connectivity index (χ0) is 10.1. The van der Waals surface area contributed by atoms with Gasteiger partial charge in [-0.15, -0.1) is 0 Å². The number of aryl methyl sites for hydroxylation is 1. The highest BCUT2D eigenvalue weighted by molar-refractivity contribution is 5.76. The second-order valence-corrected chi connectivity index (χ2v) is 2.98. The van der Waals surface area contributed by atoms with Crippen LogP contribution in [0.5, 0.6) is 0 Å². The van der Waals surface area contributed by atoms with E-state index in [9.17, 15) is 0 Å². The van der Waals surface area contributed by atoms with Gasteiger partial charge in [-0.1, -0.05) is 0 Å². The maximum Gasteiger partial charge on any atom is 0.209 e. The van der Waals surface area contributed by atoms with Gasteiger partial charge in [-0.2, -0.15) is 5.26 Å². The molecule has 70 valence electrons. The predicted octanol–water partition coefficient (Wildman–Crippen LogP) is 2.04. The molecule has 0 bridgehead atoms. The zero-order valence-electron chi connectivity index (χ0n) is 7.66. The SMILES string of the molecule is Cc1oc(N)c(C#N)c1-c1cc[nH]c1. The first-order valence-electron chi connectivity index (χ1n) is 4.16. The van der Waals surface area contributed by atoms with E-state index in [1.807, 2.05) is 12.1 Å². The van der Waals surface area contributed by atoms with Crippen LogP contribution in [0, 0.1) is 18.3 Å². The molecule has 2 aromatic rings. The highest BCUT2D eigenvalue weighted by Crippen LogP contribution is 2.32. The molecule has 2 heterocycles. The van der Waals surface area contributed by atoms with Crippen LogP contribution in [0.25, 0.3) is 11.1 Å². The Bertz CT molecular complexity index is 488. The molecule has 0 aromatic carbocycles. The number of nitrogens with one attached hydrogen (secondary N) is 1. The Labute approximate surface area is 81.0 Å². The summed E-state index contributed by atoms with van der Waals surface area (Å²) in [7, 11) is 0. The Morgan fingerprint density at radius 2 is 2.36 bits per heavy atom. The molecule has 0 radical (unpaired) electrons. The predicted molar refractivity (Wildman–Crippen MR) is 52.4 cm³/mol. The van der Waals surface area contributed by atoms with Crippen LogP contribution < -0.4 is 5.73 Å². The first kappa shape index (κ1) is 8.45. The van der Waals surface area contributed by atoms with Gasteiger partial charge in [0.25, 0.3) is 0 Å². The third-order valence-electron chi connectivity index (χ3n) is 2.11. The summed E-state index contributed by atoms with van der Waals surface area (Å²) in [6.45, 7) is 1.79. The molecule has 4 nitrogen and oxygen atoms in total. The lowest BCUT2D eigenvalue weighted by Gasteiger charge is -1.93. The molecule has 2 aromatic heterocycles. The van der Waals surface area contributed by atoms with Gasteiger partial charge in [0.1, 0.15) is 17.4 Å². The Balaban J connectivity index is 2.70. The second kappa shape index (κ2) is 2.96. The van der Waals surface area contributed by atoms with Gasteiger partial charge in [0.05, 0.1) is 0 Å². The van der Waals surface area contributed by atoms with Crippen LogP contribution in [0.1, 0.15) is 11.3 Å². The summed E-state index contributed by atoms with van der Waals surface area (Å²) in [6.07, 6.45) is 3.59. The fraction of sp³-hybridized carbons (Fsp3) is 0.100. The van der Waals surface area contributed by atoms with E-state index in [1.54, 1.807) is 19.3 Å². The highest BCUT2D eigenvalue weighted by Gasteiger charge is 2.16. The van der Waals surface area contributed by atoms with E-state index < -0.39 is 0 Å². The molecule has 0 spiro atoms. The molecule has 0 saturated heterocycles.